The molecule has 0 radical (unpaired) electrons. The first-order valence-electron chi connectivity index (χ1n) is 7.50. The summed E-state index contributed by atoms with van der Waals surface area (Å²) in [6.07, 6.45) is 5.10. The fraction of sp³-hybridized carbons (Fsp3) is 0.353. The van der Waals surface area contributed by atoms with Crippen LogP contribution >= 0.6 is 0 Å². The zero-order valence-electron chi connectivity index (χ0n) is 12.2. The summed E-state index contributed by atoms with van der Waals surface area (Å²) in [6.45, 7) is 1.44. The van der Waals surface area contributed by atoms with Gasteiger partial charge in [0.2, 0.25) is 17.7 Å². The number of carbonyl (C=O) groups excluding carboxylic acids is 3. The third-order valence-electron chi connectivity index (χ3n) is 4.92. The normalized spacial score (nSPS) is 31.8. The van der Waals surface area contributed by atoms with E-state index in [0.717, 1.165) is 6.42 Å². The number of hydrogen-bond acceptors (Lipinski definition) is 3. The molecule has 3 aliphatic rings. The van der Waals surface area contributed by atoms with Gasteiger partial charge in [0.25, 0.3) is 0 Å². The van der Waals surface area contributed by atoms with Gasteiger partial charge in [0.05, 0.1) is 17.5 Å². The van der Waals surface area contributed by atoms with E-state index >= 15 is 0 Å². The Hall–Kier alpha value is -2.43. The Labute approximate surface area is 128 Å². The lowest BCUT2D eigenvalue weighted by molar-refractivity contribution is -0.123. The smallest absolute Gasteiger partial charge is 0.238 e. The molecule has 1 aromatic rings. The number of imide groups is 1. The van der Waals surface area contributed by atoms with E-state index in [4.69, 9.17) is 0 Å². The maximum Gasteiger partial charge on any atom is 0.238 e. The summed E-state index contributed by atoms with van der Waals surface area (Å²) in [5.74, 6) is -0.253. The number of carbonyl (C=O) groups is 3. The largest absolute Gasteiger partial charge is 0.326 e. The van der Waals surface area contributed by atoms with Gasteiger partial charge in [-0.25, -0.2) is 0 Å². The molecule has 4 atom stereocenters. The predicted octanol–water partition coefficient (Wildman–Crippen LogP) is 1.96. The van der Waals surface area contributed by atoms with E-state index in [1.165, 1.54) is 11.8 Å². The number of fused-ring (bicyclic) bond motifs is 5. The van der Waals surface area contributed by atoms with Gasteiger partial charge in [-0.1, -0.05) is 12.2 Å². The fourth-order valence-electron chi connectivity index (χ4n) is 4.05. The molecule has 1 aromatic carbocycles. The Morgan fingerprint density at radius 2 is 1.59 bits per heavy atom. The molecule has 4 rings (SSSR count). The van der Waals surface area contributed by atoms with Crippen molar-refractivity contribution in [1.29, 1.82) is 0 Å². The first kappa shape index (κ1) is 13.2. The number of nitrogens with one attached hydrogen (secondary N) is 1. The fourth-order valence-corrected chi connectivity index (χ4v) is 4.05. The van der Waals surface area contributed by atoms with Gasteiger partial charge >= 0.3 is 0 Å². The second-order valence-electron chi connectivity index (χ2n) is 6.24. The lowest BCUT2D eigenvalue weighted by Gasteiger charge is -2.17. The van der Waals surface area contributed by atoms with E-state index in [-0.39, 0.29) is 41.4 Å². The summed E-state index contributed by atoms with van der Waals surface area (Å²) < 4.78 is 0. The Morgan fingerprint density at radius 1 is 1.05 bits per heavy atom. The molecule has 112 valence electrons. The van der Waals surface area contributed by atoms with Crippen molar-refractivity contribution in [3.63, 3.8) is 0 Å². The first-order chi connectivity index (χ1) is 10.6. The van der Waals surface area contributed by atoms with E-state index in [9.17, 15) is 14.4 Å². The van der Waals surface area contributed by atoms with Crippen molar-refractivity contribution < 1.29 is 14.4 Å². The zero-order valence-corrected chi connectivity index (χ0v) is 12.2. The Balaban J connectivity index is 1.62. The topological polar surface area (TPSA) is 66.5 Å². The highest BCUT2D eigenvalue weighted by Crippen LogP contribution is 2.53. The molecular formula is C17H16N2O3. The highest BCUT2D eigenvalue weighted by Gasteiger charge is 2.59. The number of rotatable bonds is 2. The molecule has 5 heteroatoms. The second-order valence-corrected chi connectivity index (χ2v) is 6.24. The molecule has 1 heterocycles. The van der Waals surface area contributed by atoms with Crippen molar-refractivity contribution in [2.45, 2.75) is 13.3 Å². The van der Waals surface area contributed by atoms with Crippen molar-refractivity contribution in [3.05, 3.63) is 36.4 Å². The molecule has 1 N–H and O–H groups in total. The number of amides is 3. The quantitative estimate of drug-likeness (QED) is 0.670. The van der Waals surface area contributed by atoms with Crippen LogP contribution in [-0.2, 0) is 14.4 Å². The van der Waals surface area contributed by atoms with Crippen LogP contribution in [0.4, 0.5) is 11.4 Å². The summed E-state index contributed by atoms with van der Waals surface area (Å²) in [4.78, 5) is 37.7. The number of hydrogen-bond donors (Lipinski definition) is 1. The number of allylic oxidation sites excluding steroid dienone is 2. The zero-order chi connectivity index (χ0) is 15.4. The van der Waals surface area contributed by atoms with Crippen LogP contribution in [0.2, 0.25) is 0 Å². The molecular weight excluding hydrogens is 280 g/mol. The van der Waals surface area contributed by atoms with Gasteiger partial charge in [0.15, 0.2) is 0 Å². The highest BCUT2D eigenvalue weighted by molar-refractivity contribution is 6.22. The van der Waals surface area contributed by atoms with Gasteiger partial charge in [0, 0.05) is 12.6 Å². The minimum absolute atomic E-state index is 0.0841. The number of nitrogens with zero attached hydrogens (tertiary/aromatic N) is 1. The van der Waals surface area contributed by atoms with Crippen LogP contribution in [0.25, 0.3) is 0 Å². The van der Waals surface area contributed by atoms with Gasteiger partial charge in [-0.3, -0.25) is 19.3 Å². The van der Waals surface area contributed by atoms with E-state index in [2.05, 4.69) is 17.5 Å². The van der Waals surface area contributed by atoms with Gasteiger partial charge in [-0.05, 0) is 42.5 Å². The average molecular weight is 296 g/mol. The van der Waals surface area contributed by atoms with Crippen molar-refractivity contribution in [3.8, 4) is 0 Å². The standard InChI is InChI=1S/C17H16N2O3/c1-9(20)18-12-4-6-13(7-5-12)19-16(21)14-10-2-3-11(8-10)15(14)17(19)22/h2-7,10-11,14-15H,8H2,1H3,(H,18,20)/t10-,11-,14+,15+/m0/s1. The summed E-state index contributed by atoms with van der Waals surface area (Å²) >= 11 is 0. The average Bonchev–Trinajstić information content (AvgIpc) is 3.14. The maximum atomic E-state index is 12.7. The maximum absolute atomic E-state index is 12.7. The Bertz CT molecular complexity index is 677. The third kappa shape index (κ3) is 1.75. The van der Waals surface area contributed by atoms with Crippen molar-refractivity contribution in [2.24, 2.45) is 23.7 Å². The van der Waals surface area contributed by atoms with E-state index in [0.29, 0.717) is 11.4 Å². The molecule has 1 saturated heterocycles. The molecule has 2 fully saturated rings. The molecule has 0 spiro atoms. The molecule has 5 nitrogen and oxygen atoms in total. The summed E-state index contributed by atoms with van der Waals surface area (Å²) in [6, 6.07) is 6.82. The monoisotopic (exact) mass is 296 g/mol. The molecule has 2 aliphatic carbocycles. The van der Waals surface area contributed by atoms with Crippen molar-refractivity contribution in [2.75, 3.05) is 10.2 Å². The minimum atomic E-state index is -0.183. The van der Waals surface area contributed by atoms with Gasteiger partial charge in [-0.2, -0.15) is 0 Å². The Kier molecular flexibility index (Phi) is 2.73. The van der Waals surface area contributed by atoms with Crippen molar-refractivity contribution in [1.82, 2.24) is 0 Å². The lowest BCUT2D eigenvalue weighted by atomic mass is 9.85. The van der Waals surface area contributed by atoms with Crippen LogP contribution in [0.15, 0.2) is 36.4 Å². The molecule has 2 bridgehead atoms. The van der Waals surface area contributed by atoms with E-state index < -0.39 is 0 Å². The molecule has 0 unspecified atom stereocenters. The van der Waals surface area contributed by atoms with Crippen LogP contribution in [0.1, 0.15) is 13.3 Å². The van der Waals surface area contributed by atoms with Crippen LogP contribution in [0.5, 0.6) is 0 Å². The van der Waals surface area contributed by atoms with Crippen LogP contribution < -0.4 is 10.2 Å². The highest BCUT2D eigenvalue weighted by atomic mass is 16.2. The summed E-state index contributed by atoms with van der Waals surface area (Å²) in [5, 5.41) is 2.67. The summed E-state index contributed by atoms with van der Waals surface area (Å²) in [5.41, 5.74) is 1.23. The lowest BCUT2D eigenvalue weighted by Crippen LogP contribution is -2.32. The van der Waals surface area contributed by atoms with Gasteiger partial charge < -0.3 is 5.32 Å². The third-order valence-corrected chi connectivity index (χ3v) is 4.92. The number of anilines is 2. The minimum Gasteiger partial charge on any atom is -0.326 e. The van der Waals surface area contributed by atoms with Crippen LogP contribution in [0, 0.1) is 23.7 Å². The van der Waals surface area contributed by atoms with E-state index in [1.807, 2.05) is 0 Å². The molecule has 0 aromatic heterocycles. The SMILES string of the molecule is CC(=O)Nc1ccc(N2C(=O)[C@H]3[C@H](C2=O)[C@H]2C=C[C@H]3C2)cc1. The molecule has 22 heavy (non-hydrogen) atoms. The van der Waals surface area contributed by atoms with Crippen LogP contribution in [0.3, 0.4) is 0 Å². The van der Waals surface area contributed by atoms with E-state index in [1.54, 1.807) is 24.3 Å². The Morgan fingerprint density at radius 3 is 2.09 bits per heavy atom. The number of benzene rings is 1. The van der Waals surface area contributed by atoms with Gasteiger partial charge in [-0.15, -0.1) is 0 Å². The van der Waals surface area contributed by atoms with Crippen molar-refractivity contribution >= 4 is 29.1 Å². The molecule has 1 saturated carbocycles. The van der Waals surface area contributed by atoms with Gasteiger partial charge in [0.1, 0.15) is 0 Å². The van der Waals surface area contributed by atoms with Crippen LogP contribution in [-0.4, -0.2) is 17.7 Å². The summed E-state index contributed by atoms with van der Waals surface area (Å²) in [7, 11) is 0. The molecule has 1 aliphatic heterocycles. The predicted molar refractivity (Wildman–Crippen MR) is 81.0 cm³/mol. The first-order valence-corrected chi connectivity index (χ1v) is 7.50. The molecule has 3 amide bonds. The second kappa shape index (κ2) is 4.53.